The van der Waals surface area contributed by atoms with Crippen molar-refractivity contribution in [3.8, 4) is 0 Å². The fourth-order valence-corrected chi connectivity index (χ4v) is 3.42. The number of sulfonamides is 1. The highest BCUT2D eigenvalue weighted by Gasteiger charge is 2.29. The van der Waals surface area contributed by atoms with Crippen LogP contribution >= 0.6 is 0 Å². The molecule has 1 aromatic carbocycles. The van der Waals surface area contributed by atoms with Crippen molar-refractivity contribution in [1.29, 1.82) is 0 Å². The maximum atomic E-state index is 12.5. The van der Waals surface area contributed by atoms with Crippen molar-refractivity contribution >= 4 is 21.7 Å². The fraction of sp³-hybridized carbons (Fsp3) is 0.375. The van der Waals surface area contributed by atoms with Gasteiger partial charge in [0.25, 0.3) is 10.0 Å². The molecule has 0 aliphatic carbocycles. The van der Waals surface area contributed by atoms with E-state index in [1.54, 1.807) is 6.92 Å². The highest BCUT2D eigenvalue weighted by Crippen LogP contribution is 2.19. The predicted octanol–water partition coefficient (Wildman–Crippen LogP) is 1.30. The Hall–Kier alpha value is -2.39. The van der Waals surface area contributed by atoms with E-state index in [0.29, 0.717) is 12.1 Å². The van der Waals surface area contributed by atoms with E-state index in [1.165, 1.54) is 7.11 Å². The Kier molecular flexibility index (Phi) is 5.81. The number of aryl methyl sites for hydroxylation is 1. The molecule has 0 saturated heterocycles. The van der Waals surface area contributed by atoms with Crippen LogP contribution in [-0.4, -0.2) is 45.8 Å². The Morgan fingerprint density at radius 3 is 2.44 bits per heavy atom. The molecule has 0 amide bonds. The number of anilines is 1. The van der Waals surface area contributed by atoms with E-state index in [-0.39, 0.29) is 17.1 Å². The summed E-state index contributed by atoms with van der Waals surface area (Å²) >= 11 is 0. The van der Waals surface area contributed by atoms with Crippen LogP contribution in [0.15, 0.2) is 29.3 Å². The van der Waals surface area contributed by atoms with E-state index in [2.05, 4.69) is 19.7 Å². The first-order valence-electron chi connectivity index (χ1n) is 7.71. The van der Waals surface area contributed by atoms with Gasteiger partial charge in [0, 0.05) is 26.3 Å². The molecule has 0 saturated carbocycles. The summed E-state index contributed by atoms with van der Waals surface area (Å²) in [5.74, 6) is -0.735. The molecule has 1 heterocycles. The average molecular weight is 366 g/mol. The van der Waals surface area contributed by atoms with E-state index in [9.17, 15) is 13.2 Å². The molecular weight excluding hydrogens is 344 g/mol. The molecule has 136 valence electrons. The molecule has 0 atom stereocenters. The van der Waals surface area contributed by atoms with Gasteiger partial charge in [-0.05, 0) is 24.1 Å². The highest BCUT2D eigenvalue weighted by atomic mass is 32.2. The van der Waals surface area contributed by atoms with Gasteiger partial charge in [0.1, 0.15) is 5.56 Å². The zero-order chi connectivity index (χ0) is 18.6. The highest BCUT2D eigenvalue weighted by molar-refractivity contribution is 7.89. The van der Waals surface area contributed by atoms with Gasteiger partial charge in [-0.1, -0.05) is 19.1 Å². The largest absolute Gasteiger partial charge is 0.465 e. The Balaban J connectivity index is 2.22. The summed E-state index contributed by atoms with van der Waals surface area (Å²) in [4.78, 5) is 13.9. The van der Waals surface area contributed by atoms with Crippen LogP contribution in [0.1, 0.15) is 28.5 Å². The van der Waals surface area contributed by atoms with Gasteiger partial charge in [-0.15, -0.1) is 0 Å². The quantitative estimate of drug-likeness (QED) is 0.716. The van der Waals surface area contributed by atoms with E-state index >= 15 is 0 Å². The molecule has 2 rings (SSSR count). The molecule has 0 radical (unpaired) electrons. The second-order valence-electron chi connectivity index (χ2n) is 5.61. The smallest absolute Gasteiger partial charge is 0.342 e. The Morgan fingerprint density at radius 1 is 1.28 bits per heavy atom. The van der Waals surface area contributed by atoms with E-state index in [1.807, 2.05) is 43.3 Å². The summed E-state index contributed by atoms with van der Waals surface area (Å²) in [6.07, 6.45) is 0.430. The van der Waals surface area contributed by atoms with Gasteiger partial charge in [0.15, 0.2) is 0 Å². The maximum Gasteiger partial charge on any atom is 0.342 e. The number of aromatic amines is 1. The topological polar surface area (TPSA) is 104 Å². The lowest BCUT2D eigenvalue weighted by molar-refractivity contribution is 0.0595. The fourth-order valence-electron chi connectivity index (χ4n) is 2.28. The molecule has 0 aliphatic heterocycles. The van der Waals surface area contributed by atoms with Crippen molar-refractivity contribution in [3.05, 3.63) is 41.1 Å². The second kappa shape index (κ2) is 7.66. The number of hydrogen-bond acceptors (Lipinski definition) is 6. The van der Waals surface area contributed by atoms with Crippen molar-refractivity contribution in [1.82, 2.24) is 14.9 Å². The molecule has 0 spiro atoms. The minimum Gasteiger partial charge on any atom is -0.465 e. The minimum atomic E-state index is -3.96. The summed E-state index contributed by atoms with van der Waals surface area (Å²) in [6, 6.07) is 7.46. The SMILES string of the molecule is CCc1[nH]nc(S(=O)(=O)NCc2ccc(N(C)C)cc2)c1C(=O)OC. The molecule has 2 N–H and O–H groups in total. The Bertz CT molecular complexity index is 842. The first kappa shape index (κ1) is 18.9. The summed E-state index contributed by atoms with van der Waals surface area (Å²) in [5.41, 5.74) is 2.17. The monoisotopic (exact) mass is 366 g/mol. The lowest BCUT2D eigenvalue weighted by Gasteiger charge is -2.13. The zero-order valence-corrected chi connectivity index (χ0v) is 15.5. The van der Waals surface area contributed by atoms with Crippen LogP contribution in [0.2, 0.25) is 0 Å². The van der Waals surface area contributed by atoms with Crippen LogP contribution in [0, 0.1) is 0 Å². The summed E-state index contributed by atoms with van der Waals surface area (Å²) in [7, 11) is 1.09. The van der Waals surface area contributed by atoms with Crippen LogP contribution in [0.25, 0.3) is 0 Å². The molecule has 25 heavy (non-hydrogen) atoms. The molecule has 0 bridgehead atoms. The predicted molar refractivity (Wildman–Crippen MR) is 94.1 cm³/mol. The molecule has 0 fully saturated rings. The van der Waals surface area contributed by atoms with E-state index in [0.717, 1.165) is 11.3 Å². The average Bonchev–Trinajstić information content (AvgIpc) is 3.04. The number of benzene rings is 1. The van der Waals surface area contributed by atoms with Gasteiger partial charge in [0.05, 0.1) is 12.8 Å². The van der Waals surface area contributed by atoms with Gasteiger partial charge >= 0.3 is 5.97 Å². The number of rotatable bonds is 7. The zero-order valence-electron chi connectivity index (χ0n) is 14.7. The molecule has 0 unspecified atom stereocenters. The molecular formula is C16H22N4O4S. The Morgan fingerprint density at radius 2 is 1.92 bits per heavy atom. The Labute approximate surface area is 147 Å². The van der Waals surface area contributed by atoms with Crippen molar-refractivity contribution in [2.45, 2.75) is 24.9 Å². The lowest BCUT2D eigenvalue weighted by atomic mass is 10.2. The number of methoxy groups -OCH3 is 1. The summed E-state index contributed by atoms with van der Waals surface area (Å²) in [6.45, 7) is 1.88. The van der Waals surface area contributed by atoms with Crippen molar-refractivity contribution < 1.29 is 17.9 Å². The van der Waals surface area contributed by atoms with Gasteiger partial charge in [-0.3, -0.25) is 5.10 Å². The minimum absolute atomic E-state index is 0.0551. The van der Waals surface area contributed by atoms with Gasteiger partial charge in [0.2, 0.25) is 5.03 Å². The first-order valence-corrected chi connectivity index (χ1v) is 9.20. The number of nitrogens with one attached hydrogen (secondary N) is 2. The molecule has 0 aliphatic rings. The number of hydrogen-bond donors (Lipinski definition) is 2. The van der Waals surface area contributed by atoms with Crippen molar-refractivity contribution in [2.24, 2.45) is 0 Å². The third-order valence-electron chi connectivity index (χ3n) is 3.72. The molecule has 9 heteroatoms. The van der Waals surface area contributed by atoms with Gasteiger partial charge in [-0.25, -0.2) is 17.9 Å². The number of carbonyl (C=O) groups excluding carboxylic acids is 1. The van der Waals surface area contributed by atoms with Crippen molar-refractivity contribution in [2.75, 3.05) is 26.1 Å². The van der Waals surface area contributed by atoms with Crippen LogP contribution in [-0.2, 0) is 27.7 Å². The van der Waals surface area contributed by atoms with Gasteiger partial charge < -0.3 is 9.64 Å². The standard InChI is InChI=1S/C16H22N4O4S/c1-5-13-14(16(21)24-4)15(19-18-13)25(22,23)17-10-11-6-8-12(9-7-11)20(2)3/h6-9,17H,5,10H2,1-4H3,(H,18,19). The third-order valence-corrected chi connectivity index (χ3v) is 5.05. The normalized spacial score (nSPS) is 11.4. The van der Waals surface area contributed by atoms with E-state index in [4.69, 9.17) is 0 Å². The summed E-state index contributed by atoms with van der Waals surface area (Å²) in [5, 5.41) is 6.04. The number of nitrogens with zero attached hydrogens (tertiary/aromatic N) is 2. The third kappa shape index (κ3) is 4.18. The molecule has 8 nitrogen and oxygen atoms in total. The van der Waals surface area contributed by atoms with Crippen molar-refractivity contribution in [3.63, 3.8) is 0 Å². The maximum absolute atomic E-state index is 12.5. The number of aromatic nitrogens is 2. The van der Waals surface area contributed by atoms with E-state index < -0.39 is 16.0 Å². The summed E-state index contributed by atoms with van der Waals surface area (Å²) < 4.78 is 32.2. The van der Waals surface area contributed by atoms with Crippen LogP contribution in [0.4, 0.5) is 5.69 Å². The first-order chi connectivity index (χ1) is 11.8. The number of H-pyrrole nitrogens is 1. The lowest BCUT2D eigenvalue weighted by Crippen LogP contribution is -2.25. The van der Waals surface area contributed by atoms with Crippen LogP contribution < -0.4 is 9.62 Å². The molecule has 2 aromatic rings. The second-order valence-corrected chi connectivity index (χ2v) is 7.30. The number of esters is 1. The van der Waals surface area contributed by atoms with Gasteiger partial charge in [-0.2, -0.15) is 5.10 Å². The number of ether oxygens (including phenoxy) is 1. The number of carbonyl (C=O) groups is 1. The van der Waals surface area contributed by atoms with Crippen LogP contribution in [0.5, 0.6) is 0 Å². The molecule has 1 aromatic heterocycles. The van der Waals surface area contributed by atoms with Crippen LogP contribution in [0.3, 0.4) is 0 Å².